The van der Waals surface area contributed by atoms with Crippen molar-refractivity contribution >= 4 is 11.9 Å². The Hall–Kier alpha value is -0.920. The van der Waals surface area contributed by atoms with Crippen molar-refractivity contribution in [2.75, 3.05) is 0 Å². The molecule has 0 radical (unpaired) electrons. The minimum absolute atomic E-state index is 0.355. The van der Waals surface area contributed by atoms with Gasteiger partial charge in [0.25, 0.3) is 0 Å². The molecular formula is C8H12N2. The zero-order valence-electron chi connectivity index (χ0n) is 6.09. The second-order valence-corrected chi connectivity index (χ2v) is 2.63. The van der Waals surface area contributed by atoms with Gasteiger partial charge in [-0.25, -0.2) is 0 Å². The van der Waals surface area contributed by atoms with Crippen molar-refractivity contribution in [1.82, 2.24) is 0 Å². The predicted molar refractivity (Wildman–Crippen MR) is 42.9 cm³/mol. The molecule has 10 heavy (non-hydrogen) atoms. The standard InChI is InChI=1S/C8H12N2/c1-2-3-6-4-7(6)8(10)5-9/h2-3,5-7,9-10H,4H2,1H3/b3-2+,9-5?,10-8?. The SMILES string of the molecule is C/C=C/C1CC1C(=N)C=N. The molecule has 2 unspecified atom stereocenters. The van der Waals surface area contributed by atoms with Gasteiger partial charge < -0.3 is 10.8 Å². The predicted octanol–water partition coefficient (Wildman–Crippen LogP) is 1.87. The molecule has 1 saturated carbocycles. The molecule has 2 atom stereocenters. The van der Waals surface area contributed by atoms with E-state index in [-0.39, 0.29) is 0 Å². The maximum atomic E-state index is 7.29. The Morgan fingerprint density at radius 3 is 2.80 bits per heavy atom. The lowest BCUT2D eigenvalue weighted by atomic mass is 10.2. The highest BCUT2D eigenvalue weighted by molar-refractivity contribution is 6.29. The smallest absolute Gasteiger partial charge is 0.0526 e. The molecule has 2 heteroatoms. The summed E-state index contributed by atoms with van der Waals surface area (Å²) in [5.74, 6) is 0.910. The normalized spacial score (nSPS) is 30.5. The Balaban J connectivity index is 2.38. The minimum Gasteiger partial charge on any atom is -0.307 e. The van der Waals surface area contributed by atoms with Gasteiger partial charge in [0.1, 0.15) is 0 Å². The van der Waals surface area contributed by atoms with Crippen LogP contribution in [0.25, 0.3) is 0 Å². The van der Waals surface area contributed by atoms with Crippen molar-refractivity contribution in [3.05, 3.63) is 12.2 Å². The lowest BCUT2D eigenvalue weighted by molar-refractivity contribution is 1.03. The molecule has 0 aromatic rings. The molecule has 1 aliphatic rings. The first-order valence-electron chi connectivity index (χ1n) is 3.51. The largest absolute Gasteiger partial charge is 0.307 e. The van der Waals surface area contributed by atoms with Crippen LogP contribution in [0.5, 0.6) is 0 Å². The molecule has 0 aromatic carbocycles. The Bertz CT molecular complexity index is 182. The highest BCUT2D eigenvalue weighted by atomic mass is 14.6. The molecule has 1 rings (SSSR count). The van der Waals surface area contributed by atoms with Crippen LogP contribution in [0, 0.1) is 22.7 Å². The summed E-state index contributed by atoms with van der Waals surface area (Å²) in [6.07, 6.45) is 6.34. The fraction of sp³-hybridized carbons (Fsp3) is 0.500. The van der Waals surface area contributed by atoms with Crippen molar-refractivity contribution in [3.8, 4) is 0 Å². The van der Waals surface area contributed by atoms with Crippen LogP contribution in [0.1, 0.15) is 13.3 Å². The van der Waals surface area contributed by atoms with Gasteiger partial charge in [-0.2, -0.15) is 0 Å². The molecule has 2 nitrogen and oxygen atoms in total. The van der Waals surface area contributed by atoms with E-state index >= 15 is 0 Å². The van der Waals surface area contributed by atoms with E-state index in [2.05, 4.69) is 6.08 Å². The molecule has 0 aliphatic heterocycles. The van der Waals surface area contributed by atoms with E-state index in [1.165, 1.54) is 0 Å². The van der Waals surface area contributed by atoms with E-state index in [0.29, 0.717) is 17.5 Å². The van der Waals surface area contributed by atoms with Gasteiger partial charge in [0.15, 0.2) is 0 Å². The second kappa shape index (κ2) is 2.78. The molecule has 1 fully saturated rings. The van der Waals surface area contributed by atoms with Crippen LogP contribution in [0.15, 0.2) is 12.2 Å². The maximum Gasteiger partial charge on any atom is 0.0526 e. The van der Waals surface area contributed by atoms with Crippen LogP contribution in [0.2, 0.25) is 0 Å². The molecule has 2 N–H and O–H groups in total. The average Bonchev–Trinajstić information content (AvgIpc) is 2.67. The summed E-state index contributed by atoms with van der Waals surface area (Å²) in [6, 6.07) is 0. The van der Waals surface area contributed by atoms with Crippen LogP contribution in [0.3, 0.4) is 0 Å². The number of hydrogen-bond acceptors (Lipinski definition) is 2. The highest BCUT2D eigenvalue weighted by Crippen LogP contribution is 2.39. The second-order valence-electron chi connectivity index (χ2n) is 2.63. The molecule has 54 valence electrons. The highest BCUT2D eigenvalue weighted by Gasteiger charge is 2.37. The number of rotatable bonds is 3. The van der Waals surface area contributed by atoms with Gasteiger partial charge in [0, 0.05) is 12.1 Å². The van der Waals surface area contributed by atoms with E-state index < -0.39 is 0 Å². The summed E-state index contributed by atoms with van der Waals surface area (Å²) < 4.78 is 0. The van der Waals surface area contributed by atoms with Gasteiger partial charge in [-0.15, -0.1) is 0 Å². The van der Waals surface area contributed by atoms with Gasteiger partial charge in [-0.1, -0.05) is 12.2 Å². The topological polar surface area (TPSA) is 47.7 Å². The van der Waals surface area contributed by atoms with Crippen molar-refractivity contribution in [3.63, 3.8) is 0 Å². The van der Waals surface area contributed by atoms with Gasteiger partial charge >= 0.3 is 0 Å². The zero-order valence-corrected chi connectivity index (χ0v) is 6.09. The van der Waals surface area contributed by atoms with Crippen LogP contribution in [-0.4, -0.2) is 11.9 Å². The molecule has 0 amide bonds. The first-order valence-corrected chi connectivity index (χ1v) is 3.51. The number of allylic oxidation sites excluding steroid dienone is 2. The van der Waals surface area contributed by atoms with Gasteiger partial charge in [0.05, 0.1) is 5.71 Å². The van der Waals surface area contributed by atoms with Gasteiger partial charge in [0.2, 0.25) is 0 Å². The third kappa shape index (κ3) is 1.32. The third-order valence-electron chi connectivity index (χ3n) is 1.83. The quantitative estimate of drug-likeness (QED) is 0.439. The lowest BCUT2D eigenvalue weighted by Crippen LogP contribution is -2.00. The Kier molecular flexibility index (Phi) is 2.00. The number of nitrogens with one attached hydrogen (secondary N) is 2. The summed E-state index contributed by atoms with van der Waals surface area (Å²) in [5.41, 5.74) is 0.475. The summed E-state index contributed by atoms with van der Waals surface area (Å²) >= 11 is 0. The Morgan fingerprint density at radius 2 is 2.30 bits per heavy atom. The molecule has 0 saturated heterocycles. The summed E-state index contributed by atoms with van der Waals surface area (Å²) in [7, 11) is 0. The van der Waals surface area contributed by atoms with E-state index in [9.17, 15) is 0 Å². The fourth-order valence-corrected chi connectivity index (χ4v) is 1.14. The Morgan fingerprint density at radius 1 is 1.60 bits per heavy atom. The molecule has 0 aromatic heterocycles. The van der Waals surface area contributed by atoms with Gasteiger partial charge in [-0.05, 0) is 19.3 Å². The van der Waals surface area contributed by atoms with E-state index in [1.54, 1.807) is 0 Å². The van der Waals surface area contributed by atoms with Gasteiger partial charge in [-0.3, -0.25) is 0 Å². The molecule has 1 aliphatic carbocycles. The monoisotopic (exact) mass is 136 g/mol. The van der Waals surface area contributed by atoms with Crippen LogP contribution in [-0.2, 0) is 0 Å². The first-order chi connectivity index (χ1) is 4.79. The van der Waals surface area contributed by atoms with Crippen LogP contribution in [0.4, 0.5) is 0 Å². The molecule has 0 spiro atoms. The first kappa shape index (κ1) is 7.19. The maximum absolute atomic E-state index is 7.29. The van der Waals surface area contributed by atoms with Crippen molar-refractivity contribution in [2.24, 2.45) is 11.8 Å². The average molecular weight is 136 g/mol. The van der Waals surface area contributed by atoms with Crippen LogP contribution < -0.4 is 0 Å². The fourth-order valence-electron chi connectivity index (χ4n) is 1.14. The third-order valence-corrected chi connectivity index (χ3v) is 1.83. The van der Waals surface area contributed by atoms with E-state index in [1.807, 2.05) is 13.0 Å². The van der Waals surface area contributed by atoms with E-state index in [4.69, 9.17) is 10.8 Å². The van der Waals surface area contributed by atoms with Crippen molar-refractivity contribution in [2.45, 2.75) is 13.3 Å². The summed E-state index contributed by atoms with van der Waals surface area (Å²) in [4.78, 5) is 0. The Labute approximate surface area is 61.0 Å². The molecule has 0 heterocycles. The number of hydrogen-bond donors (Lipinski definition) is 2. The van der Waals surface area contributed by atoms with Crippen LogP contribution >= 0.6 is 0 Å². The molecule has 0 bridgehead atoms. The summed E-state index contributed by atoms with van der Waals surface area (Å²) in [6.45, 7) is 1.99. The zero-order chi connectivity index (χ0) is 7.56. The molecular weight excluding hydrogens is 124 g/mol. The lowest BCUT2D eigenvalue weighted by Gasteiger charge is -1.88. The van der Waals surface area contributed by atoms with Crippen molar-refractivity contribution in [1.29, 1.82) is 10.8 Å². The van der Waals surface area contributed by atoms with E-state index in [0.717, 1.165) is 12.6 Å². The minimum atomic E-state index is 0.355. The van der Waals surface area contributed by atoms with Crippen molar-refractivity contribution < 1.29 is 0 Å². The summed E-state index contributed by atoms with van der Waals surface area (Å²) in [5, 5.41) is 14.1.